The Morgan fingerprint density at radius 3 is 2.53 bits per heavy atom. The summed E-state index contributed by atoms with van der Waals surface area (Å²) in [5.74, 6) is -1.45. The van der Waals surface area contributed by atoms with Crippen LogP contribution < -0.4 is 4.90 Å². The van der Waals surface area contributed by atoms with Crippen LogP contribution in [0.4, 0.5) is 5.82 Å². The summed E-state index contributed by atoms with van der Waals surface area (Å²) in [4.78, 5) is 29.3. The van der Waals surface area contributed by atoms with Gasteiger partial charge in [0, 0.05) is 13.2 Å². The number of rotatable bonds is 3. The molecule has 1 aliphatic rings. The fourth-order valence-corrected chi connectivity index (χ4v) is 2.64. The lowest BCUT2D eigenvalue weighted by Crippen LogP contribution is -2.41. The highest BCUT2D eigenvalue weighted by Crippen LogP contribution is 2.32. The van der Waals surface area contributed by atoms with Gasteiger partial charge in [0.25, 0.3) is 0 Å². The lowest BCUT2D eigenvalue weighted by Gasteiger charge is -2.30. The molecule has 102 valence electrons. The number of hydrogen-bond acceptors (Lipinski definition) is 3. The normalized spacial score (nSPS) is 22.8. The van der Waals surface area contributed by atoms with Gasteiger partial charge in [-0.25, -0.2) is 4.98 Å². The van der Waals surface area contributed by atoms with Gasteiger partial charge in [-0.15, -0.1) is 0 Å². The number of anilines is 1. The van der Waals surface area contributed by atoms with Gasteiger partial charge in [-0.2, -0.15) is 0 Å². The molecule has 5 heteroatoms. The summed E-state index contributed by atoms with van der Waals surface area (Å²) >= 11 is 0. The Balaban J connectivity index is 2.15. The third kappa shape index (κ3) is 2.92. The second-order valence-corrected chi connectivity index (χ2v) is 4.92. The van der Waals surface area contributed by atoms with Crippen molar-refractivity contribution in [1.29, 1.82) is 0 Å². The van der Waals surface area contributed by atoms with Crippen LogP contribution in [0, 0.1) is 11.8 Å². The molecule has 2 rings (SSSR count). The van der Waals surface area contributed by atoms with Crippen molar-refractivity contribution in [3.8, 4) is 0 Å². The number of pyridine rings is 1. The zero-order chi connectivity index (χ0) is 13.8. The van der Waals surface area contributed by atoms with Crippen LogP contribution in [-0.2, 0) is 9.59 Å². The van der Waals surface area contributed by atoms with Gasteiger partial charge in [0.15, 0.2) is 0 Å². The fourth-order valence-electron chi connectivity index (χ4n) is 2.64. The van der Waals surface area contributed by atoms with E-state index in [1.165, 1.54) is 4.90 Å². The summed E-state index contributed by atoms with van der Waals surface area (Å²) in [5, 5.41) is 9.22. The quantitative estimate of drug-likeness (QED) is 0.903. The maximum Gasteiger partial charge on any atom is 0.307 e. The monoisotopic (exact) mass is 262 g/mol. The minimum Gasteiger partial charge on any atom is -0.481 e. The maximum atomic E-state index is 12.4. The molecule has 0 bridgehead atoms. The van der Waals surface area contributed by atoms with Crippen molar-refractivity contribution in [2.24, 2.45) is 11.8 Å². The van der Waals surface area contributed by atoms with E-state index in [0.29, 0.717) is 18.7 Å². The Hall–Kier alpha value is -1.91. The number of aromatic nitrogens is 1. The summed E-state index contributed by atoms with van der Waals surface area (Å²) in [6.07, 6.45) is 4.65. The molecule has 1 aromatic heterocycles. The van der Waals surface area contributed by atoms with Gasteiger partial charge in [0.2, 0.25) is 5.91 Å². The molecule has 1 aliphatic carbocycles. The van der Waals surface area contributed by atoms with E-state index in [-0.39, 0.29) is 5.91 Å². The average Bonchev–Trinajstić information content (AvgIpc) is 2.46. The van der Waals surface area contributed by atoms with Gasteiger partial charge in [0.05, 0.1) is 11.8 Å². The van der Waals surface area contributed by atoms with E-state index in [1.807, 2.05) is 6.07 Å². The first-order valence-electron chi connectivity index (χ1n) is 6.52. The highest BCUT2D eigenvalue weighted by molar-refractivity contribution is 5.96. The fraction of sp³-hybridized carbons (Fsp3) is 0.500. The molecule has 2 atom stereocenters. The van der Waals surface area contributed by atoms with Gasteiger partial charge >= 0.3 is 5.97 Å². The van der Waals surface area contributed by atoms with Crippen LogP contribution in [0.3, 0.4) is 0 Å². The minimum absolute atomic E-state index is 0.147. The molecule has 19 heavy (non-hydrogen) atoms. The molecule has 1 fully saturated rings. The van der Waals surface area contributed by atoms with Crippen LogP contribution in [0.1, 0.15) is 25.7 Å². The van der Waals surface area contributed by atoms with E-state index >= 15 is 0 Å². The first kappa shape index (κ1) is 13.5. The average molecular weight is 262 g/mol. The number of carbonyl (C=O) groups is 2. The molecular weight excluding hydrogens is 244 g/mol. The molecule has 1 N–H and O–H groups in total. The number of carboxylic acid groups (broad SMARTS) is 1. The zero-order valence-corrected chi connectivity index (χ0v) is 11.0. The van der Waals surface area contributed by atoms with E-state index < -0.39 is 17.8 Å². The minimum atomic E-state index is -0.868. The number of carbonyl (C=O) groups excluding carboxylic acids is 1. The zero-order valence-electron chi connectivity index (χ0n) is 11.0. The largest absolute Gasteiger partial charge is 0.481 e. The number of amides is 1. The topological polar surface area (TPSA) is 70.5 Å². The second kappa shape index (κ2) is 5.82. The predicted molar refractivity (Wildman–Crippen MR) is 70.7 cm³/mol. The van der Waals surface area contributed by atoms with E-state index in [4.69, 9.17) is 0 Å². The Bertz CT molecular complexity index is 461. The Kier molecular flexibility index (Phi) is 4.14. The number of nitrogens with zero attached hydrogens (tertiary/aromatic N) is 2. The Morgan fingerprint density at radius 1 is 1.26 bits per heavy atom. The molecule has 0 unspecified atom stereocenters. The lowest BCUT2D eigenvalue weighted by molar-refractivity contribution is -0.148. The number of carboxylic acids is 1. The van der Waals surface area contributed by atoms with Crippen molar-refractivity contribution >= 4 is 17.7 Å². The van der Waals surface area contributed by atoms with Crippen LogP contribution in [0.25, 0.3) is 0 Å². The molecule has 5 nitrogen and oxygen atoms in total. The molecule has 0 aliphatic heterocycles. The maximum absolute atomic E-state index is 12.4. The second-order valence-electron chi connectivity index (χ2n) is 4.92. The first-order valence-corrected chi connectivity index (χ1v) is 6.52. The third-order valence-corrected chi connectivity index (χ3v) is 3.72. The van der Waals surface area contributed by atoms with Crippen molar-refractivity contribution in [3.63, 3.8) is 0 Å². The molecule has 1 saturated carbocycles. The molecule has 0 spiro atoms. The Labute approximate surface area is 112 Å². The molecule has 0 aromatic carbocycles. The number of hydrogen-bond donors (Lipinski definition) is 1. The molecule has 0 radical (unpaired) electrons. The molecule has 0 saturated heterocycles. The molecular formula is C14H18N2O3. The summed E-state index contributed by atoms with van der Waals surface area (Å²) in [6, 6.07) is 5.33. The van der Waals surface area contributed by atoms with Crippen LogP contribution >= 0.6 is 0 Å². The lowest BCUT2D eigenvalue weighted by atomic mass is 9.78. The summed E-state index contributed by atoms with van der Waals surface area (Å²) in [7, 11) is 1.65. The van der Waals surface area contributed by atoms with Crippen LogP contribution in [0.2, 0.25) is 0 Å². The van der Waals surface area contributed by atoms with Crippen molar-refractivity contribution in [2.75, 3.05) is 11.9 Å². The molecule has 1 amide bonds. The van der Waals surface area contributed by atoms with Gasteiger partial charge in [0.1, 0.15) is 5.82 Å². The highest BCUT2D eigenvalue weighted by atomic mass is 16.4. The van der Waals surface area contributed by atoms with Gasteiger partial charge < -0.3 is 5.11 Å². The van der Waals surface area contributed by atoms with E-state index in [1.54, 1.807) is 25.4 Å². The number of aliphatic carboxylic acids is 1. The van der Waals surface area contributed by atoms with E-state index in [0.717, 1.165) is 12.8 Å². The van der Waals surface area contributed by atoms with Crippen LogP contribution in [0.15, 0.2) is 24.4 Å². The van der Waals surface area contributed by atoms with Gasteiger partial charge in [-0.3, -0.25) is 14.5 Å². The van der Waals surface area contributed by atoms with Crippen molar-refractivity contribution in [1.82, 2.24) is 4.98 Å². The van der Waals surface area contributed by atoms with Crippen molar-refractivity contribution < 1.29 is 14.7 Å². The van der Waals surface area contributed by atoms with Crippen molar-refractivity contribution in [3.05, 3.63) is 24.4 Å². The van der Waals surface area contributed by atoms with E-state index in [2.05, 4.69) is 4.98 Å². The standard InChI is InChI=1S/C14H18N2O3/c1-16(12-8-4-5-9-15-12)13(17)10-6-2-3-7-11(10)14(18)19/h4-5,8-11H,2-3,6-7H2,1H3,(H,18,19)/t10-,11+/m1/s1. The van der Waals surface area contributed by atoms with Gasteiger partial charge in [-0.05, 0) is 25.0 Å². The van der Waals surface area contributed by atoms with E-state index in [9.17, 15) is 14.7 Å². The predicted octanol–water partition coefficient (Wildman–Crippen LogP) is 1.94. The third-order valence-electron chi connectivity index (χ3n) is 3.72. The highest BCUT2D eigenvalue weighted by Gasteiger charge is 2.37. The van der Waals surface area contributed by atoms with Gasteiger partial charge in [-0.1, -0.05) is 18.9 Å². The summed E-state index contributed by atoms with van der Waals surface area (Å²) in [5.41, 5.74) is 0. The first-order chi connectivity index (χ1) is 9.11. The summed E-state index contributed by atoms with van der Waals surface area (Å²) in [6.45, 7) is 0. The molecule has 1 aromatic rings. The van der Waals surface area contributed by atoms with Crippen LogP contribution in [0.5, 0.6) is 0 Å². The molecule has 1 heterocycles. The van der Waals surface area contributed by atoms with Crippen molar-refractivity contribution in [2.45, 2.75) is 25.7 Å². The van der Waals surface area contributed by atoms with Crippen LogP contribution in [-0.4, -0.2) is 29.0 Å². The smallest absolute Gasteiger partial charge is 0.307 e. The Morgan fingerprint density at radius 2 is 1.95 bits per heavy atom. The summed E-state index contributed by atoms with van der Waals surface area (Å²) < 4.78 is 0. The SMILES string of the molecule is CN(C(=O)[C@@H]1CCCC[C@@H]1C(=O)O)c1ccccn1.